The van der Waals surface area contributed by atoms with E-state index in [4.69, 9.17) is 4.74 Å². The lowest BCUT2D eigenvalue weighted by Crippen LogP contribution is -2.23. The second-order valence-electron chi connectivity index (χ2n) is 6.40. The average molecular weight is 311 g/mol. The molecule has 0 aliphatic carbocycles. The van der Waals surface area contributed by atoms with Gasteiger partial charge in [-0.3, -0.25) is 0 Å². The molecule has 0 saturated carbocycles. The standard InChI is InChI=1S/C21H29NO/c1-6-15(2)19-11-7-8-13-21(19)23-17(4)14-22-20-12-9-10-16(3)18(20)5/h7-13,15,17,22H,6,14H2,1-5H3. The first-order valence-corrected chi connectivity index (χ1v) is 8.58. The smallest absolute Gasteiger partial charge is 0.123 e. The highest BCUT2D eigenvalue weighted by Crippen LogP contribution is 2.29. The fourth-order valence-corrected chi connectivity index (χ4v) is 2.67. The highest BCUT2D eigenvalue weighted by molar-refractivity contribution is 5.53. The summed E-state index contributed by atoms with van der Waals surface area (Å²) in [5, 5.41) is 3.51. The molecule has 2 unspecified atom stereocenters. The lowest BCUT2D eigenvalue weighted by atomic mass is 9.98. The van der Waals surface area contributed by atoms with Crippen molar-refractivity contribution in [3.05, 3.63) is 59.2 Å². The topological polar surface area (TPSA) is 21.3 Å². The van der Waals surface area contributed by atoms with Crippen LogP contribution in [0.15, 0.2) is 42.5 Å². The number of benzene rings is 2. The van der Waals surface area contributed by atoms with E-state index in [-0.39, 0.29) is 6.10 Å². The molecule has 2 heteroatoms. The van der Waals surface area contributed by atoms with Crippen molar-refractivity contribution in [1.82, 2.24) is 0 Å². The highest BCUT2D eigenvalue weighted by atomic mass is 16.5. The molecule has 0 spiro atoms. The van der Waals surface area contributed by atoms with E-state index in [1.54, 1.807) is 0 Å². The number of hydrogen-bond donors (Lipinski definition) is 1. The Balaban J connectivity index is 2.00. The van der Waals surface area contributed by atoms with Gasteiger partial charge in [0.2, 0.25) is 0 Å². The summed E-state index contributed by atoms with van der Waals surface area (Å²) in [6, 6.07) is 14.8. The Kier molecular flexibility index (Phi) is 6.09. The number of rotatable bonds is 7. The molecule has 1 N–H and O–H groups in total. The first-order chi connectivity index (χ1) is 11.0. The molecule has 124 valence electrons. The molecular weight excluding hydrogens is 282 g/mol. The number of hydrogen-bond acceptors (Lipinski definition) is 2. The Hall–Kier alpha value is -1.96. The van der Waals surface area contributed by atoms with Crippen LogP contribution in [0.5, 0.6) is 5.75 Å². The van der Waals surface area contributed by atoms with Gasteiger partial charge in [-0.05, 0) is 61.9 Å². The van der Waals surface area contributed by atoms with Crippen LogP contribution in [0, 0.1) is 13.8 Å². The Morgan fingerprint density at radius 2 is 1.74 bits per heavy atom. The van der Waals surface area contributed by atoms with Crippen LogP contribution in [-0.4, -0.2) is 12.6 Å². The van der Waals surface area contributed by atoms with Gasteiger partial charge in [0.25, 0.3) is 0 Å². The monoisotopic (exact) mass is 311 g/mol. The van der Waals surface area contributed by atoms with Gasteiger partial charge in [-0.25, -0.2) is 0 Å². The third-order valence-electron chi connectivity index (χ3n) is 4.58. The predicted molar refractivity (Wildman–Crippen MR) is 99.6 cm³/mol. The van der Waals surface area contributed by atoms with Crippen LogP contribution in [0.3, 0.4) is 0 Å². The summed E-state index contributed by atoms with van der Waals surface area (Å²) in [5.74, 6) is 1.53. The fraction of sp³-hybridized carbons (Fsp3) is 0.429. The largest absolute Gasteiger partial charge is 0.489 e. The molecule has 0 heterocycles. The van der Waals surface area contributed by atoms with Crippen LogP contribution in [0.1, 0.15) is 49.8 Å². The lowest BCUT2D eigenvalue weighted by Gasteiger charge is -2.21. The zero-order valence-electron chi connectivity index (χ0n) is 15.0. The summed E-state index contributed by atoms with van der Waals surface area (Å²) in [7, 11) is 0. The van der Waals surface area contributed by atoms with Crippen molar-refractivity contribution >= 4 is 5.69 Å². The molecule has 0 aromatic heterocycles. The Morgan fingerprint density at radius 3 is 2.48 bits per heavy atom. The summed E-state index contributed by atoms with van der Waals surface area (Å²) in [4.78, 5) is 0. The Labute approximate surface area is 140 Å². The van der Waals surface area contributed by atoms with E-state index in [1.807, 2.05) is 6.07 Å². The lowest BCUT2D eigenvalue weighted by molar-refractivity contribution is 0.231. The van der Waals surface area contributed by atoms with Gasteiger partial charge in [0, 0.05) is 5.69 Å². The number of para-hydroxylation sites is 1. The number of anilines is 1. The minimum Gasteiger partial charge on any atom is -0.489 e. The molecule has 2 aromatic carbocycles. The van der Waals surface area contributed by atoms with E-state index in [0.29, 0.717) is 5.92 Å². The molecular formula is C21H29NO. The molecule has 0 bridgehead atoms. The SMILES string of the molecule is CCC(C)c1ccccc1OC(C)CNc1cccc(C)c1C. The number of ether oxygens (including phenoxy) is 1. The molecule has 2 aromatic rings. The van der Waals surface area contributed by atoms with E-state index in [2.05, 4.69) is 76.3 Å². The molecule has 2 atom stereocenters. The normalized spacial score (nSPS) is 13.4. The Bertz CT molecular complexity index is 635. The van der Waals surface area contributed by atoms with Gasteiger partial charge >= 0.3 is 0 Å². The summed E-state index contributed by atoms with van der Waals surface area (Å²) >= 11 is 0. The second kappa shape index (κ2) is 8.05. The number of aryl methyl sites for hydroxylation is 1. The minimum absolute atomic E-state index is 0.111. The first-order valence-electron chi connectivity index (χ1n) is 8.58. The molecule has 2 rings (SSSR count). The van der Waals surface area contributed by atoms with Gasteiger partial charge in [-0.1, -0.05) is 44.2 Å². The molecule has 0 saturated heterocycles. The Morgan fingerprint density at radius 1 is 1.00 bits per heavy atom. The summed E-state index contributed by atoms with van der Waals surface area (Å²) in [6.07, 6.45) is 1.23. The van der Waals surface area contributed by atoms with E-state index in [9.17, 15) is 0 Å². The molecule has 0 aliphatic heterocycles. The minimum atomic E-state index is 0.111. The van der Waals surface area contributed by atoms with Crippen molar-refractivity contribution in [2.45, 2.75) is 53.1 Å². The van der Waals surface area contributed by atoms with Gasteiger partial charge in [0.05, 0.1) is 6.54 Å². The maximum Gasteiger partial charge on any atom is 0.123 e. The van der Waals surface area contributed by atoms with Crippen molar-refractivity contribution in [2.24, 2.45) is 0 Å². The molecule has 0 fully saturated rings. The average Bonchev–Trinajstić information content (AvgIpc) is 2.56. The van der Waals surface area contributed by atoms with Crippen molar-refractivity contribution < 1.29 is 4.74 Å². The van der Waals surface area contributed by atoms with Crippen molar-refractivity contribution in [2.75, 3.05) is 11.9 Å². The molecule has 23 heavy (non-hydrogen) atoms. The summed E-state index contributed by atoms with van der Waals surface area (Å²) in [5.41, 5.74) is 5.11. The third kappa shape index (κ3) is 4.51. The zero-order chi connectivity index (χ0) is 16.8. The summed E-state index contributed by atoms with van der Waals surface area (Å²) < 4.78 is 6.20. The van der Waals surface area contributed by atoms with Crippen LogP contribution in [-0.2, 0) is 0 Å². The second-order valence-corrected chi connectivity index (χ2v) is 6.40. The molecule has 0 amide bonds. The van der Waals surface area contributed by atoms with Gasteiger partial charge in [0.15, 0.2) is 0 Å². The van der Waals surface area contributed by atoms with Gasteiger partial charge < -0.3 is 10.1 Å². The molecule has 0 radical (unpaired) electrons. The zero-order valence-corrected chi connectivity index (χ0v) is 15.0. The maximum atomic E-state index is 6.20. The molecule has 0 aliphatic rings. The first kappa shape index (κ1) is 17.4. The van der Waals surface area contributed by atoms with E-state index >= 15 is 0 Å². The number of nitrogens with one attached hydrogen (secondary N) is 1. The van der Waals surface area contributed by atoms with Gasteiger partial charge in [-0.15, -0.1) is 0 Å². The van der Waals surface area contributed by atoms with Crippen molar-refractivity contribution in [1.29, 1.82) is 0 Å². The quantitative estimate of drug-likeness (QED) is 0.708. The van der Waals surface area contributed by atoms with Crippen molar-refractivity contribution in [3.8, 4) is 5.75 Å². The van der Waals surface area contributed by atoms with Gasteiger partial charge in [0.1, 0.15) is 11.9 Å². The molecule has 2 nitrogen and oxygen atoms in total. The fourth-order valence-electron chi connectivity index (χ4n) is 2.67. The van der Waals surface area contributed by atoms with Crippen LogP contribution in [0.4, 0.5) is 5.69 Å². The van der Waals surface area contributed by atoms with E-state index in [0.717, 1.165) is 18.7 Å². The third-order valence-corrected chi connectivity index (χ3v) is 4.58. The maximum absolute atomic E-state index is 6.20. The van der Waals surface area contributed by atoms with E-state index < -0.39 is 0 Å². The van der Waals surface area contributed by atoms with Crippen LogP contribution in [0.2, 0.25) is 0 Å². The predicted octanol–water partition coefficient (Wildman–Crippen LogP) is 5.70. The van der Waals surface area contributed by atoms with Gasteiger partial charge in [-0.2, -0.15) is 0 Å². The highest BCUT2D eigenvalue weighted by Gasteiger charge is 2.12. The van der Waals surface area contributed by atoms with Crippen LogP contribution < -0.4 is 10.1 Å². The summed E-state index contributed by atoms with van der Waals surface area (Å²) in [6.45, 7) is 11.7. The van der Waals surface area contributed by atoms with E-state index in [1.165, 1.54) is 22.4 Å². The van der Waals surface area contributed by atoms with Crippen LogP contribution in [0.25, 0.3) is 0 Å². The van der Waals surface area contributed by atoms with Crippen LogP contribution >= 0.6 is 0 Å². The van der Waals surface area contributed by atoms with Crippen molar-refractivity contribution in [3.63, 3.8) is 0 Å².